The van der Waals surface area contributed by atoms with Crippen LogP contribution in [0.5, 0.6) is 0 Å². The molecule has 0 aromatic heterocycles. The normalized spacial score (nSPS) is 9.57. The maximum Gasteiger partial charge on any atom is 0.342 e. The van der Waals surface area contributed by atoms with E-state index >= 15 is 0 Å². The Morgan fingerprint density at radius 2 is 1.50 bits per heavy atom. The van der Waals surface area contributed by atoms with Gasteiger partial charge in [0.1, 0.15) is 0 Å². The topological polar surface area (TPSA) is 72.8 Å². The lowest BCUT2D eigenvalue weighted by atomic mass is 10.1. The van der Waals surface area contributed by atoms with Crippen molar-refractivity contribution < 1.29 is 24.5 Å². The van der Waals surface area contributed by atoms with Gasteiger partial charge in [-0.3, -0.25) is 4.79 Å². The van der Waals surface area contributed by atoms with Gasteiger partial charge in [-0.1, -0.05) is 12.8 Å². The van der Waals surface area contributed by atoms with E-state index in [0.717, 1.165) is 19.3 Å². The quantitative estimate of drug-likeness (QED) is 0.294. The molecule has 5 nitrogen and oxygen atoms in total. The fourth-order valence-electron chi connectivity index (χ4n) is 1.04. The summed E-state index contributed by atoms with van der Waals surface area (Å²) >= 11 is 0. The molecule has 0 atom stereocenters. The van der Waals surface area contributed by atoms with Crippen LogP contribution < -0.4 is 0 Å². The number of methoxy groups -OCH3 is 1. The lowest BCUT2D eigenvalue weighted by Crippen LogP contribution is -2.01. The van der Waals surface area contributed by atoms with Gasteiger partial charge in [-0.2, -0.15) is 5.26 Å². The van der Waals surface area contributed by atoms with Gasteiger partial charge in [-0.25, -0.2) is 4.79 Å². The molecule has 0 aliphatic rings. The summed E-state index contributed by atoms with van der Waals surface area (Å²) in [5, 5.41) is 7.93. The fourth-order valence-corrected chi connectivity index (χ4v) is 1.04. The molecule has 82 valence electrons. The van der Waals surface area contributed by atoms with Gasteiger partial charge in [0.15, 0.2) is 0 Å². The average Bonchev–Trinajstić information content (AvgIpc) is 2.22. The Hall–Kier alpha value is -1.10. The van der Waals surface area contributed by atoms with E-state index < -0.39 is 5.97 Å². The molecule has 14 heavy (non-hydrogen) atoms. The first-order valence-corrected chi connectivity index (χ1v) is 4.61. The SMILES string of the molecule is COC(=O)CCCCCCC(=O)OO. The minimum Gasteiger partial charge on any atom is -0.469 e. The third-order valence-corrected chi connectivity index (χ3v) is 1.84. The summed E-state index contributed by atoms with van der Waals surface area (Å²) < 4.78 is 4.47. The lowest BCUT2D eigenvalue weighted by molar-refractivity contribution is -0.234. The smallest absolute Gasteiger partial charge is 0.342 e. The Morgan fingerprint density at radius 1 is 1.00 bits per heavy atom. The van der Waals surface area contributed by atoms with Gasteiger partial charge in [-0.05, 0) is 12.8 Å². The predicted octanol–water partition coefficient (Wildman–Crippen LogP) is 1.52. The zero-order valence-electron chi connectivity index (χ0n) is 8.32. The molecule has 0 saturated heterocycles. The summed E-state index contributed by atoms with van der Waals surface area (Å²) in [6.07, 6.45) is 3.77. The minimum absolute atomic E-state index is 0.209. The second-order valence-electron chi connectivity index (χ2n) is 2.95. The van der Waals surface area contributed by atoms with Gasteiger partial charge in [0.25, 0.3) is 0 Å². The van der Waals surface area contributed by atoms with E-state index in [1.807, 2.05) is 0 Å². The number of hydrogen-bond acceptors (Lipinski definition) is 5. The van der Waals surface area contributed by atoms with Crippen molar-refractivity contribution in [3.05, 3.63) is 0 Å². The van der Waals surface area contributed by atoms with Gasteiger partial charge in [0.2, 0.25) is 0 Å². The van der Waals surface area contributed by atoms with E-state index in [1.54, 1.807) is 0 Å². The molecule has 0 unspecified atom stereocenters. The highest BCUT2D eigenvalue weighted by Gasteiger charge is 2.02. The molecule has 0 bridgehead atoms. The first-order chi connectivity index (χ1) is 6.70. The third kappa shape index (κ3) is 7.54. The Kier molecular flexibility index (Phi) is 7.83. The van der Waals surface area contributed by atoms with Crippen molar-refractivity contribution in [3.63, 3.8) is 0 Å². The van der Waals surface area contributed by atoms with E-state index in [4.69, 9.17) is 5.26 Å². The van der Waals surface area contributed by atoms with Crippen molar-refractivity contribution in [1.29, 1.82) is 0 Å². The standard InChI is InChI=1S/C9H16O5/c1-13-8(10)6-4-2-3-5-7-9(11)14-12/h12H,2-7H2,1H3. The van der Waals surface area contributed by atoms with Crippen LogP contribution in [-0.4, -0.2) is 24.3 Å². The number of carbonyl (C=O) groups is 2. The van der Waals surface area contributed by atoms with Crippen molar-refractivity contribution in [2.24, 2.45) is 0 Å². The Labute approximate surface area is 82.9 Å². The molecule has 1 N–H and O–H groups in total. The van der Waals surface area contributed by atoms with Crippen LogP contribution in [0.1, 0.15) is 38.5 Å². The molecular weight excluding hydrogens is 188 g/mol. The zero-order valence-corrected chi connectivity index (χ0v) is 8.32. The third-order valence-electron chi connectivity index (χ3n) is 1.84. The Balaban J connectivity index is 3.14. The van der Waals surface area contributed by atoms with Crippen molar-refractivity contribution >= 4 is 11.9 Å². The second-order valence-corrected chi connectivity index (χ2v) is 2.95. The van der Waals surface area contributed by atoms with Crippen LogP contribution in [0, 0.1) is 0 Å². The van der Waals surface area contributed by atoms with Crippen LogP contribution in [0.4, 0.5) is 0 Å². The molecule has 0 aliphatic carbocycles. The average molecular weight is 204 g/mol. The van der Waals surface area contributed by atoms with Gasteiger partial charge >= 0.3 is 11.9 Å². The van der Waals surface area contributed by atoms with Crippen molar-refractivity contribution in [2.45, 2.75) is 38.5 Å². The largest absolute Gasteiger partial charge is 0.469 e. The fraction of sp³-hybridized carbons (Fsp3) is 0.778. The molecule has 0 aromatic carbocycles. The van der Waals surface area contributed by atoms with Crippen molar-refractivity contribution in [1.82, 2.24) is 0 Å². The van der Waals surface area contributed by atoms with Gasteiger partial charge in [-0.15, -0.1) is 0 Å². The number of unbranched alkanes of at least 4 members (excludes halogenated alkanes) is 3. The molecule has 5 heteroatoms. The molecule has 0 aromatic rings. The molecule has 0 aliphatic heterocycles. The van der Waals surface area contributed by atoms with Crippen LogP contribution >= 0.6 is 0 Å². The molecule has 0 spiro atoms. The Bertz CT molecular complexity index is 158. The van der Waals surface area contributed by atoms with Gasteiger partial charge in [0.05, 0.1) is 7.11 Å². The maximum absolute atomic E-state index is 10.7. The molecular formula is C9H16O5. The molecule has 0 amide bonds. The predicted molar refractivity (Wildman–Crippen MR) is 48.4 cm³/mol. The van der Waals surface area contributed by atoms with E-state index in [9.17, 15) is 9.59 Å². The van der Waals surface area contributed by atoms with Crippen LogP contribution in [0.25, 0.3) is 0 Å². The summed E-state index contributed by atoms with van der Waals surface area (Å²) in [6.45, 7) is 0. The van der Waals surface area contributed by atoms with Crippen LogP contribution in [0.15, 0.2) is 0 Å². The number of carbonyl (C=O) groups excluding carboxylic acids is 2. The summed E-state index contributed by atoms with van der Waals surface area (Å²) in [5.41, 5.74) is 0. The monoisotopic (exact) mass is 204 g/mol. The highest BCUT2D eigenvalue weighted by molar-refractivity contribution is 5.69. The molecule has 0 heterocycles. The van der Waals surface area contributed by atoms with E-state index in [0.29, 0.717) is 12.8 Å². The molecule has 0 fully saturated rings. The second kappa shape index (κ2) is 8.50. The highest BCUT2D eigenvalue weighted by Crippen LogP contribution is 2.06. The number of hydrogen-bond donors (Lipinski definition) is 1. The summed E-state index contributed by atoms with van der Waals surface area (Å²) in [4.78, 5) is 24.6. The van der Waals surface area contributed by atoms with Crippen molar-refractivity contribution in [2.75, 3.05) is 7.11 Å². The maximum atomic E-state index is 10.7. The molecule has 0 radical (unpaired) electrons. The van der Waals surface area contributed by atoms with E-state index in [-0.39, 0.29) is 12.4 Å². The van der Waals surface area contributed by atoms with Crippen LogP contribution in [0.3, 0.4) is 0 Å². The zero-order chi connectivity index (χ0) is 10.8. The van der Waals surface area contributed by atoms with E-state index in [2.05, 4.69) is 9.62 Å². The molecule has 0 saturated carbocycles. The highest BCUT2D eigenvalue weighted by atomic mass is 17.1. The van der Waals surface area contributed by atoms with E-state index in [1.165, 1.54) is 7.11 Å². The summed E-state index contributed by atoms with van der Waals surface area (Å²) in [6, 6.07) is 0. The van der Waals surface area contributed by atoms with Crippen LogP contribution in [0.2, 0.25) is 0 Å². The van der Waals surface area contributed by atoms with Gasteiger partial charge in [0, 0.05) is 12.8 Å². The number of ether oxygens (including phenoxy) is 1. The lowest BCUT2D eigenvalue weighted by Gasteiger charge is -1.99. The minimum atomic E-state index is -0.613. The Morgan fingerprint density at radius 3 is 1.93 bits per heavy atom. The number of rotatable bonds is 7. The van der Waals surface area contributed by atoms with Crippen LogP contribution in [-0.2, 0) is 19.2 Å². The first kappa shape index (κ1) is 12.9. The summed E-state index contributed by atoms with van der Waals surface area (Å²) in [7, 11) is 1.36. The number of esters is 1. The van der Waals surface area contributed by atoms with Crippen molar-refractivity contribution in [3.8, 4) is 0 Å². The molecule has 0 rings (SSSR count). The summed E-state index contributed by atoms with van der Waals surface area (Å²) in [5.74, 6) is -0.822. The first-order valence-electron chi connectivity index (χ1n) is 4.61. The van der Waals surface area contributed by atoms with Gasteiger partial charge < -0.3 is 9.62 Å².